The number of carbonyl (C=O) groups excluding carboxylic acids is 2. The molecule has 2 rings (SSSR count). The first-order valence-electron chi connectivity index (χ1n) is 8.91. The van der Waals surface area contributed by atoms with Crippen molar-refractivity contribution >= 4 is 17.4 Å². The van der Waals surface area contributed by atoms with Crippen molar-refractivity contribution in [2.45, 2.75) is 38.6 Å². The number of nitrogens with two attached hydrogens (primary N) is 1. The minimum absolute atomic E-state index is 0.0200. The van der Waals surface area contributed by atoms with Crippen molar-refractivity contribution in [3.05, 3.63) is 77.3 Å². The van der Waals surface area contributed by atoms with E-state index in [0.29, 0.717) is 5.56 Å². The maximum Gasteiger partial charge on any atom is 0.421 e. The molecule has 2 unspecified atom stereocenters. The third-order valence-electron chi connectivity index (χ3n) is 4.43. The van der Waals surface area contributed by atoms with Crippen molar-refractivity contribution in [3.8, 4) is 0 Å². The second-order valence-electron chi connectivity index (χ2n) is 6.73. The molecular weight excluding hydrogens is 356 g/mol. The molecular formula is C21H24N4O3. The van der Waals surface area contributed by atoms with Crippen LogP contribution in [0.25, 0.3) is 5.53 Å². The molecule has 1 amide bonds. The molecule has 146 valence electrons. The Hall–Kier alpha value is -3.12. The highest BCUT2D eigenvalue weighted by molar-refractivity contribution is 6.63. The summed E-state index contributed by atoms with van der Waals surface area (Å²) < 4.78 is 0. The molecule has 28 heavy (non-hydrogen) atoms. The number of aliphatic hydroxyl groups excluding tert-OH is 1. The lowest BCUT2D eigenvalue weighted by Gasteiger charge is -2.41. The number of aliphatic hydroxyl groups is 1. The third kappa shape index (κ3) is 4.78. The molecule has 0 heterocycles. The summed E-state index contributed by atoms with van der Waals surface area (Å²) in [4.78, 5) is 29.2. The minimum Gasteiger partial charge on any atom is -0.393 e. The van der Waals surface area contributed by atoms with Crippen LogP contribution in [-0.2, 0) is 21.8 Å². The summed E-state index contributed by atoms with van der Waals surface area (Å²) in [6.07, 6.45) is -0.810. The summed E-state index contributed by atoms with van der Waals surface area (Å²) in [5.41, 5.74) is 15.2. The Morgan fingerprint density at radius 1 is 1.14 bits per heavy atom. The summed E-state index contributed by atoms with van der Waals surface area (Å²) in [5.74, 6) is -1.50. The van der Waals surface area contributed by atoms with Gasteiger partial charge >= 0.3 is 11.6 Å². The molecule has 0 aliphatic heterocycles. The van der Waals surface area contributed by atoms with Gasteiger partial charge in [0.1, 0.15) is 5.66 Å². The predicted octanol–water partition coefficient (Wildman–Crippen LogP) is 1.86. The van der Waals surface area contributed by atoms with E-state index in [2.05, 4.69) is 4.79 Å². The van der Waals surface area contributed by atoms with E-state index in [1.165, 1.54) is 4.90 Å². The van der Waals surface area contributed by atoms with Crippen LogP contribution < -0.4 is 5.73 Å². The van der Waals surface area contributed by atoms with Crippen LogP contribution in [0.15, 0.2) is 60.7 Å². The molecule has 2 aromatic rings. The van der Waals surface area contributed by atoms with E-state index in [0.717, 1.165) is 12.5 Å². The number of hydrogen-bond acceptors (Lipinski definition) is 4. The molecule has 0 radical (unpaired) electrons. The summed E-state index contributed by atoms with van der Waals surface area (Å²) in [5, 5.41) is 10.1. The molecule has 7 heteroatoms. The van der Waals surface area contributed by atoms with Crippen LogP contribution in [0, 0.1) is 0 Å². The zero-order valence-electron chi connectivity index (χ0n) is 15.9. The second kappa shape index (κ2) is 9.19. The van der Waals surface area contributed by atoms with Crippen molar-refractivity contribution in [2.75, 3.05) is 0 Å². The SMILES string of the molecule is CC(=O)C(=[N+]=[N-])C(=O)N(Cc1ccccc1)C(N)(CC(C)O)c1ccccc1. The standard InChI is InChI=1S/C21H24N4O3/c1-15(26)13-21(22,18-11-7-4-8-12-18)25(14-17-9-5-3-6-10-17)20(28)19(24-23)16(2)27/h3-12,15,26H,13-14,22H2,1-2H3. The monoisotopic (exact) mass is 380 g/mol. The van der Waals surface area contributed by atoms with Crippen LogP contribution in [0.4, 0.5) is 0 Å². The highest BCUT2D eigenvalue weighted by atomic mass is 16.3. The smallest absolute Gasteiger partial charge is 0.393 e. The van der Waals surface area contributed by atoms with Crippen molar-refractivity contribution in [1.82, 2.24) is 4.90 Å². The highest BCUT2D eigenvalue weighted by Crippen LogP contribution is 2.30. The number of nitrogens with zero attached hydrogens (tertiary/aromatic N) is 3. The number of rotatable bonds is 8. The van der Waals surface area contributed by atoms with Crippen molar-refractivity contribution < 1.29 is 19.5 Å². The zero-order chi connectivity index (χ0) is 20.7. The van der Waals surface area contributed by atoms with E-state index >= 15 is 0 Å². The van der Waals surface area contributed by atoms with E-state index in [9.17, 15) is 20.2 Å². The number of carbonyl (C=O) groups is 2. The molecule has 0 spiro atoms. The molecule has 2 atom stereocenters. The summed E-state index contributed by atoms with van der Waals surface area (Å²) in [6.45, 7) is 2.77. The molecule has 0 saturated heterocycles. The van der Waals surface area contributed by atoms with E-state index in [4.69, 9.17) is 5.73 Å². The van der Waals surface area contributed by atoms with E-state index in [1.807, 2.05) is 36.4 Å². The molecule has 0 aliphatic rings. The van der Waals surface area contributed by atoms with Gasteiger partial charge in [-0.3, -0.25) is 9.59 Å². The van der Waals surface area contributed by atoms with Gasteiger partial charge < -0.3 is 21.3 Å². The molecule has 0 saturated carbocycles. The van der Waals surface area contributed by atoms with Crippen LogP contribution in [0.2, 0.25) is 0 Å². The largest absolute Gasteiger partial charge is 0.421 e. The fourth-order valence-electron chi connectivity index (χ4n) is 3.11. The van der Waals surface area contributed by atoms with E-state index < -0.39 is 29.2 Å². The van der Waals surface area contributed by atoms with Gasteiger partial charge in [0.05, 0.1) is 6.10 Å². The van der Waals surface area contributed by atoms with Gasteiger partial charge in [-0.15, -0.1) is 0 Å². The lowest BCUT2D eigenvalue weighted by Crippen LogP contribution is -2.59. The average molecular weight is 380 g/mol. The van der Waals surface area contributed by atoms with E-state index in [1.54, 1.807) is 31.2 Å². The van der Waals surface area contributed by atoms with Crippen LogP contribution in [0.5, 0.6) is 0 Å². The van der Waals surface area contributed by atoms with Gasteiger partial charge in [-0.05, 0) is 18.1 Å². The fourth-order valence-corrected chi connectivity index (χ4v) is 3.11. The first kappa shape index (κ1) is 21.2. The summed E-state index contributed by atoms with van der Waals surface area (Å²) in [7, 11) is 0. The molecule has 7 nitrogen and oxygen atoms in total. The quantitative estimate of drug-likeness (QED) is 0.239. The van der Waals surface area contributed by atoms with Crippen molar-refractivity contribution in [1.29, 1.82) is 0 Å². The van der Waals surface area contributed by atoms with E-state index in [-0.39, 0.29) is 13.0 Å². The number of ketones is 1. The van der Waals surface area contributed by atoms with Gasteiger partial charge in [-0.25, -0.2) is 0 Å². The summed E-state index contributed by atoms with van der Waals surface area (Å²) in [6, 6.07) is 18.0. The lowest BCUT2D eigenvalue weighted by molar-refractivity contribution is -0.139. The lowest BCUT2D eigenvalue weighted by atomic mass is 9.91. The van der Waals surface area contributed by atoms with Crippen LogP contribution in [0.1, 0.15) is 31.4 Å². The third-order valence-corrected chi connectivity index (χ3v) is 4.43. The van der Waals surface area contributed by atoms with Gasteiger partial charge in [0.15, 0.2) is 0 Å². The van der Waals surface area contributed by atoms with Gasteiger partial charge in [0.2, 0.25) is 5.78 Å². The Kier molecular flexibility index (Phi) is 6.95. The topological polar surface area (TPSA) is 120 Å². The maximum absolute atomic E-state index is 13.2. The molecule has 2 aromatic carbocycles. The normalized spacial score (nSPS) is 13.7. The molecule has 0 fully saturated rings. The van der Waals surface area contributed by atoms with Gasteiger partial charge in [-0.1, -0.05) is 60.7 Å². The van der Waals surface area contributed by atoms with Gasteiger partial charge in [0.25, 0.3) is 0 Å². The average Bonchev–Trinajstić information content (AvgIpc) is 2.67. The summed E-state index contributed by atoms with van der Waals surface area (Å²) >= 11 is 0. The van der Waals surface area contributed by atoms with Crippen molar-refractivity contribution in [3.63, 3.8) is 0 Å². The molecule has 0 bridgehead atoms. The second-order valence-corrected chi connectivity index (χ2v) is 6.73. The van der Waals surface area contributed by atoms with Crippen LogP contribution in [-0.4, -0.2) is 38.3 Å². The highest BCUT2D eigenvalue weighted by Gasteiger charge is 2.44. The number of Topliss-reactive ketones (excluding diaryl/α,β-unsaturated/α-hetero) is 1. The number of hydrogen-bond donors (Lipinski definition) is 2. The Morgan fingerprint density at radius 2 is 1.68 bits per heavy atom. The minimum atomic E-state index is -1.44. The number of benzene rings is 2. The first-order chi connectivity index (χ1) is 13.3. The Balaban J connectivity index is 2.63. The van der Waals surface area contributed by atoms with Gasteiger partial charge in [0, 0.05) is 19.9 Å². The number of amides is 1. The van der Waals surface area contributed by atoms with Crippen LogP contribution >= 0.6 is 0 Å². The molecule has 3 N–H and O–H groups in total. The fraction of sp³-hybridized carbons (Fsp3) is 0.286. The predicted molar refractivity (Wildman–Crippen MR) is 105 cm³/mol. The Morgan fingerprint density at radius 3 is 2.14 bits per heavy atom. The zero-order valence-corrected chi connectivity index (χ0v) is 15.9. The maximum atomic E-state index is 13.2. The molecule has 0 aromatic heterocycles. The molecule has 0 aliphatic carbocycles. The Bertz CT molecular complexity index is 877. The Labute approximate surface area is 164 Å². The van der Waals surface area contributed by atoms with Crippen LogP contribution in [0.3, 0.4) is 0 Å². The first-order valence-corrected chi connectivity index (χ1v) is 8.91. The van der Waals surface area contributed by atoms with Crippen molar-refractivity contribution in [2.24, 2.45) is 5.73 Å². The van der Waals surface area contributed by atoms with Gasteiger partial charge in [-0.2, -0.15) is 4.79 Å².